The molecule has 1 atom stereocenters. The lowest BCUT2D eigenvalue weighted by Crippen LogP contribution is -2.47. The number of nitrogens with zero attached hydrogens (tertiary/aromatic N) is 2. The van der Waals surface area contributed by atoms with E-state index in [4.69, 9.17) is 4.74 Å². The highest BCUT2D eigenvalue weighted by atomic mass is 32.2. The molecule has 5 rings (SSSR count). The topological polar surface area (TPSA) is 66.9 Å². The van der Waals surface area contributed by atoms with E-state index < -0.39 is 10.0 Å². The number of rotatable bonds is 9. The van der Waals surface area contributed by atoms with Crippen LogP contribution >= 0.6 is 11.3 Å². The van der Waals surface area contributed by atoms with E-state index in [1.807, 2.05) is 66.4 Å². The summed E-state index contributed by atoms with van der Waals surface area (Å²) in [5.41, 5.74) is 2.09. The standard InChI is InChI=1S/C30H32N2O4S2/c1-3-4-17-31(38(34,35)26-14-11-22-7-5-6-8-24(22)20-26)21-29(33)32-18-15-28-27(16-19-37-28)30(32)23-9-12-25(36-2)13-10-23/h5-14,16,19-20,30H,3-4,15,17-18,21H2,1-2H3. The first-order valence-corrected chi connectivity index (χ1v) is 15.2. The van der Waals surface area contributed by atoms with Gasteiger partial charge in [0.1, 0.15) is 5.75 Å². The van der Waals surface area contributed by atoms with E-state index in [9.17, 15) is 13.2 Å². The molecule has 2 heterocycles. The number of amides is 1. The zero-order chi connectivity index (χ0) is 26.7. The lowest BCUT2D eigenvalue weighted by atomic mass is 9.93. The minimum Gasteiger partial charge on any atom is -0.497 e. The molecule has 0 aliphatic carbocycles. The third kappa shape index (κ3) is 5.21. The number of methoxy groups -OCH3 is 1. The molecule has 1 unspecified atom stereocenters. The normalized spacial score (nSPS) is 15.6. The average Bonchev–Trinajstić information content (AvgIpc) is 3.43. The van der Waals surface area contributed by atoms with Crippen LogP contribution in [0.1, 0.15) is 41.8 Å². The summed E-state index contributed by atoms with van der Waals surface area (Å²) in [7, 11) is -2.24. The Morgan fingerprint density at radius 2 is 1.82 bits per heavy atom. The molecule has 4 aromatic rings. The molecule has 0 N–H and O–H groups in total. The number of ether oxygens (including phenoxy) is 1. The summed E-state index contributed by atoms with van der Waals surface area (Å²) in [5, 5.41) is 3.90. The van der Waals surface area contributed by atoms with Gasteiger partial charge in [0.2, 0.25) is 15.9 Å². The molecule has 1 aliphatic heterocycles. The highest BCUT2D eigenvalue weighted by Crippen LogP contribution is 2.38. The van der Waals surface area contributed by atoms with Gasteiger partial charge < -0.3 is 9.64 Å². The van der Waals surface area contributed by atoms with Gasteiger partial charge in [-0.3, -0.25) is 4.79 Å². The van der Waals surface area contributed by atoms with E-state index in [1.165, 1.54) is 9.18 Å². The number of thiophene rings is 1. The number of hydrogen-bond donors (Lipinski definition) is 0. The molecule has 198 valence electrons. The van der Waals surface area contributed by atoms with Gasteiger partial charge >= 0.3 is 0 Å². The van der Waals surface area contributed by atoms with Crippen molar-refractivity contribution in [2.24, 2.45) is 0 Å². The second kappa shape index (κ2) is 11.3. The van der Waals surface area contributed by atoms with Crippen LogP contribution in [0.25, 0.3) is 10.8 Å². The second-order valence-corrected chi connectivity index (χ2v) is 12.5. The van der Waals surface area contributed by atoms with Crippen LogP contribution in [0.4, 0.5) is 0 Å². The number of carbonyl (C=O) groups is 1. The highest BCUT2D eigenvalue weighted by Gasteiger charge is 2.35. The van der Waals surface area contributed by atoms with Crippen molar-refractivity contribution in [2.45, 2.75) is 37.1 Å². The van der Waals surface area contributed by atoms with Crippen LogP contribution in [-0.4, -0.2) is 50.3 Å². The molecule has 1 amide bonds. The van der Waals surface area contributed by atoms with Gasteiger partial charge in [-0.25, -0.2) is 8.42 Å². The molecule has 38 heavy (non-hydrogen) atoms. The summed E-state index contributed by atoms with van der Waals surface area (Å²) in [6.45, 7) is 2.66. The zero-order valence-corrected chi connectivity index (χ0v) is 23.3. The van der Waals surface area contributed by atoms with Crippen molar-refractivity contribution in [3.63, 3.8) is 0 Å². The predicted octanol–water partition coefficient (Wildman–Crippen LogP) is 5.88. The van der Waals surface area contributed by atoms with Crippen molar-refractivity contribution < 1.29 is 17.9 Å². The Bertz CT molecular complexity index is 1530. The second-order valence-electron chi connectivity index (χ2n) is 9.51. The van der Waals surface area contributed by atoms with E-state index >= 15 is 0 Å². The van der Waals surface area contributed by atoms with Crippen LogP contribution < -0.4 is 4.74 Å². The minimum absolute atomic E-state index is 0.192. The molecule has 0 saturated carbocycles. The number of unbranched alkanes of at least 4 members (excludes halogenated alkanes) is 1. The largest absolute Gasteiger partial charge is 0.497 e. The van der Waals surface area contributed by atoms with Gasteiger partial charge in [-0.2, -0.15) is 4.31 Å². The molecule has 0 spiro atoms. The summed E-state index contributed by atoms with van der Waals surface area (Å²) in [4.78, 5) is 17.2. The van der Waals surface area contributed by atoms with E-state index in [-0.39, 0.29) is 23.4 Å². The van der Waals surface area contributed by atoms with Gasteiger partial charge in [-0.05, 0) is 70.5 Å². The monoisotopic (exact) mass is 548 g/mol. The van der Waals surface area contributed by atoms with Gasteiger partial charge in [-0.1, -0.05) is 55.8 Å². The fourth-order valence-electron chi connectivity index (χ4n) is 5.07. The van der Waals surface area contributed by atoms with Crippen LogP contribution in [0.2, 0.25) is 0 Å². The summed E-state index contributed by atoms with van der Waals surface area (Å²) in [5.74, 6) is 0.559. The van der Waals surface area contributed by atoms with Crippen LogP contribution in [0, 0.1) is 0 Å². The lowest BCUT2D eigenvalue weighted by Gasteiger charge is -2.37. The number of carbonyl (C=O) groups excluding carboxylic acids is 1. The summed E-state index contributed by atoms with van der Waals surface area (Å²) >= 11 is 1.70. The van der Waals surface area contributed by atoms with Crippen molar-refractivity contribution in [3.8, 4) is 5.75 Å². The van der Waals surface area contributed by atoms with E-state index in [0.717, 1.165) is 40.5 Å². The quantitative estimate of drug-likeness (QED) is 0.262. The van der Waals surface area contributed by atoms with Crippen molar-refractivity contribution in [2.75, 3.05) is 26.7 Å². The fourth-order valence-corrected chi connectivity index (χ4v) is 7.44. The molecule has 3 aromatic carbocycles. The highest BCUT2D eigenvalue weighted by molar-refractivity contribution is 7.89. The lowest BCUT2D eigenvalue weighted by molar-refractivity contribution is -0.133. The summed E-state index contributed by atoms with van der Waals surface area (Å²) in [6.07, 6.45) is 2.27. The predicted molar refractivity (Wildman–Crippen MR) is 152 cm³/mol. The molecule has 0 bridgehead atoms. The third-order valence-electron chi connectivity index (χ3n) is 7.15. The van der Waals surface area contributed by atoms with Gasteiger partial charge in [0.15, 0.2) is 0 Å². The number of benzene rings is 3. The Morgan fingerprint density at radius 1 is 1.05 bits per heavy atom. The smallest absolute Gasteiger partial charge is 0.243 e. The van der Waals surface area contributed by atoms with E-state index in [0.29, 0.717) is 19.5 Å². The molecule has 0 radical (unpaired) electrons. The first kappa shape index (κ1) is 26.4. The Morgan fingerprint density at radius 3 is 2.55 bits per heavy atom. The van der Waals surface area contributed by atoms with Crippen molar-refractivity contribution in [1.82, 2.24) is 9.21 Å². The van der Waals surface area contributed by atoms with Gasteiger partial charge in [0.25, 0.3) is 0 Å². The molecular weight excluding hydrogens is 516 g/mol. The fraction of sp³-hybridized carbons (Fsp3) is 0.300. The average molecular weight is 549 g/mol. The molecule has 0 saturated heterocycles. The number of hydrogen-bond acceptors (Lipinski definition) is 5. The van der Waals surface area contributed by atoms with Crippen LogP contribution in [0.3, 0.4) is 0 Å². The maximum atomic E-state index is 13.9. The SMILES string of the molecule is CCCCN(CC(=O)N1CCc2sccc2C1c1ccc(OC)cc1)S(=O)(=O)c1ccc2ccccc2c1. The van der Waals surface area contributed by atoms with E-state index in [1.54, 1.807) is 30.6 Å². The maximum absolute atomic E-state index is 13.9. The van der Waals surface area contributed by atoms with Crippen LogP contribution in [0.15, 0.2) is 83.1 Å². The van der Waals surface area contributed by atoms with Gasteiger partial charge in [0, 0.05) is 18.0 Å². The summed E-state index contributed by atoms with van der Waals surface area (Å²) < 4.78 is 34.3. The van der Waals surface area contributed by atoms with Crippen molar-refractivity contribution in [1.29, 1.82) is 0 Å². The summed E-state index contributed by atoms with van der Waals surface area (Å²) in [6, 6.07) is 22.4. The molecule has 1 aromatic heterocycles. The Balaban J connectivity index is 1.46. The molecular formula is C30H32N2O4S2. The van der Waals surface area contributed by atoms with Crippen LogP contribution in [0.5, 0.6) is 5.75 Å². The molecule has 1 aliphatic rings. The first-order chi connectivity index (χ1) is 18.4. The Kier molecular flexibility index (Phi) is 7.83. The number of fused-ring (bicyclic) bond motifs is 2. The van der Waals surface area contributed by atoms with Crippen molar-refractivity contribution in [3.05, 3.63) is 94.2 Å². The van der Waals surface area contributed by atoms with Gasteiger partial charge in [0.05, 0.1) is 24.6 Å². The van der Waals surface area contributed by atoms with Gasteiger partial charge in [-0.15, -0.1) is 11.3 Å². The zero-order valence-electron chi connectivity index (χ0n) is 21.7. The Labute approximate surface area is 228 Å². The molecule has 0 fully saturated rings. The Hall–Kier alpha value is -3.20. The minimum atomic E-state index is -3.87. The number of sulfonamides is 1. The van der Waals surface area contributed by atoms with E-state index in [2.05, 4.69) is 11.4 Å². The first-order valence-electron chi connectivity index (χ1n) is 12.9. The van der Waals surface area contributed by atoms with Crippen molar-refractivity contribution >= 4 is 38.0 Å². The van der Waals surface area contributed by atoms with Crippen LogP contribution in [-0.2, 0) is 21.2 Å². The third-order valence-corrected chi connectivity index (χ3v) is 9.99. The molecule has 8 heteroatoms. The molecule has 6 nitrogen and oxygen atoms in total. The maximum Gasteiger partial charge on any atom is 0.243 e.